The predicted octanol–water partition coefficient (Wildman–Crippen LogP) is 3.97. The molecule has 8 nitrogen and oxygen atoms in total. The van der Waals surface area contributed by atoms with E-state index in [1.807, 2.05) is 24.3 Å². The molecule has 0 aliphatic rings. The van der Waals surface area contributed by atoms with E-state index in [2.05, 4.69) is 30.6 Å². The second-order valence-electron chi connectivity index (χ2n) is 5.60. The van der Waals surface area contributed by atoms with Crippen molar-refractivity contribution in [3.05, 3.63) is 64.8 Å². The summed E-state index contributed by atoms with van der Waals surface area (Å²) in [5, 5.41) is 10.1. The van der Waals surface area contributed by atoms with Crippen molar-refractivity contribution in [1.29, 1.82) is 0 Å². The third-order valence-corrected chi connectivity index (χ3v) is 4.52. The highest BCUT2D eigenvalue weighted by molar-refractivity contribution is 6.38. The van der Waals surface area contributed by atoms with Gasteiger partial charge in [-0.05, 0) is 12.1 Å². The smallest absolute Gasteiger partial charge is 0.168 e. The molecule has 0 radical (unpaired) electrons. The molecule has 0 aliphatic carbocycles. The van der Waals surface area contributed by atoms with Crippen molar-refractivity contribution in [2.24, 2.45) is 5.10 Å². The van der Waals surface area contributed by atoms with E-state index < -0.39 is 0 Å². The van der Waals surface area contributed by atoms with Gasteiger partial charge in [-0.1, -0.05) is 29.3 Å². The Kier molecular flexibility index (Phi) is 5.05. The molecule has 4 aromatic rings. The van der Waals surface area contributed by atoms with Crippen LogP contribution in [-0.2, 0) is 0 Å². The molecular weight excluding hydrogens is 401 g/mol. The fourth-order valence-corrected chi connectivity index (χ4v) is 3.03. The maximum atomic E-state index is 6.09. The van der Waals surface area contributed by atoms with Gasteiger partial charge in [-0.15, -0.1) is 0 Å². The number of hydrogen-bond acceptors (Lipinski definition) is 7. The Balaban J connectivity index is 1.66. The minimum atomic E-state index is 0.400. The van der Waals surface area contributed by atoms with Gasteiger partial charge in [0.2, 0.25) is 0 Å². The lowest BCUT2D eigenvalue weighted by Gasteiger charge is -2.06. The highest BCUT2D eigenvalue weighted by atomic mass is 35.5. The molecule has 3 aromatic heterocycles. The van der Waals surface area contributed by atoms with E-state index >= 15 is 0 Å². The van der Waals surface area contributed by atoms with Crippen molar-refractivity contribution in [2.75, 3.05) is 12.5 Å². The molecule has 0 saturated heterocycles. The van der Waals surface area contributed by atoms with Gasteiger partial charge in [0.25, 0.3) is 0 Å². The normalized spacial score (nSPS) is 11.2. The molecule has 3 heterocycles. The first-order chi connectivity index (χ1) is 13.7. The van der Waals surface area contributed by atoms with Crippen LogP contribution in [0.3, 0.4) is 0 Å². The summed E-state index contributed by atoms with van der Waals surface area (Å²) in [6.07, 6.45) is 7.60. The van der Waals surface area contributed by atoms with Crippen molar-refractivity contribution >= 4 is 46.3 Å². The zero-order valence-corrected chi connectivity index (χ0v) is 16.1. The van der Waals surface area contributed by atoms with Crippen molar-refractivity contribution in [3.8, 4) is 11.4 Å². The lowest BCUT2D eigenvalue weighted by Crippen LogP contribution is -2.00. The van der Waals surface area contributed by atoms with Crippen LogP contribution in [0.15, 0.2) is 54.3 Å². The fraction of sp³-hybridized carbons (Fsp3) is 0.0556. The number of nitrogens with one attached hydrogen (secondary N) is 1. The summed E-state index contributed by atoms with van der Waals surface area (Å²) >= 11 is 12.2. The molecule has 1 N–H and O–H groups in total. The summed E-state index contributed by atoms with van der Waals surface area (Å²) in [5.74, 6) is 1.22. The first-order valence-corrected chi connectivity index (χ1v) is 8.84. The third-order valence-electron chi connectivity index (χ3n) is 3.92. The van der Waals surface area contributed by atoms with E-state index in [1.54, 1.807) is 18.0 Å². The van der Waals surface area contributed by atoms with E-state index in [0.29, 0.717) is 32.5 Å². The first-order valence-electron chi connectivity index (χ1n) is 8.08. The number of anilines is 1. The summed E-state index contributed by atoms with van der Waals surface area (Å²) in [5.41, 5.74) is 4.88. The molecule has 1 aromatic carbocycles. The molecule has 10 heteroatoms. The molecule has 0 spiro atoms. The number of nitrogens with zero attached hydrogens (tertiary/aromatic N) is 6. The van der Waals surface area contributed by atoms with Crippen LogP contribution in [0.5, 0.6) is 5.75 Å². The molecular formula is C18H13Cl2N7O. The van der Waals surface area contributed by atoms with E-state index in [1.165, 1.54) is 24.9 Å². The Morgan fingerprint density at radius 1 is 1.14 bits per heavy atom. The quantitative estimate of drug-likeness (QED) is 0.393. The average Bonchev–Trinajstić information content (AvgIpc) is 3.15. The second kappa shape index (κ2) is 7.79. The van der Waals surface area contributed by atoms with E-state index in [-0.39, 0.29) is 0 Å². The Morgan fingerprint density at radius 3 is 2.75 bits per heavy atom. The van der Waals surface area contributed by atoms with Gasteiger partial charge in [-0.3, -0.25) is 10.4 Å². The molecule has 0 fully saturated rings. The van der Waals surface area contributed by atoms with Gasteiger partial charge in [-0.2, -0.15) is 10.2 Å². The lowest BCUT2D eigenvalue weighted by molar-refractivity contribution is 0.414. The zero-order valence-electron chi connectivity index (χ0n) is 14.5. The Hall–Kier alpha value is -3.23. The standard InChI is InChI=1S/C18H13Cl2N7O/c1-28-12-4-2-3-11(5-12)27-18-14(7-25-27)17(22-10-23-18)26-24-6-13-15(19)8-21-9-16(13)20/h2-10H,1H3,(H,22,23,26)/b24-6+. The van der Waals surface area contributed by atoms with Gasteiger partial charge in [0.05, 0.1) is 40.6 Å². The van der Waals surface area contributed by atoms with Gasteiger partial charge < -0.3 is 4.74 Å². The van der Waals surface area contributed by atoms with Crippen LogP contribution in [0, 0.1) is 0 Å². The topological polar surface area (TPSA) is 90.1 Å². The highest BCUT2D eigenvalue weighted by Crippen LogP contribution is 2.24. The summed E-state index contributed by atoms with van der Waals surface area (Å²) in [6.45, 7) is 0. The Bertz CT molecular complexity index is 1160. The minimum absolute atomic E-state index is 0.400. The summed E-state index contributed by atoms with van der Waals surface area (Å²) < 4.78 is 6.97. The van der Waals surface area contributed by atoms with Crippen molar-refractivity contribution in [1.82, 2.24) is 24.7 Å². The number of hydrogen-bond donors (Lipinski definition) is 1. The van der Waals surface area contributed by atoms with Gasteiger partial charge >= 0.3 is 0 Å². The Labute approximate surface area is 169 Å². The number of methoxy groups -OCH3 is 1. The van der Waals surface area contributed by atoms with Gasteiger partial charge in [0, 0.05) is 24.0 Å². The van der Waals surface area contributed by atoms with E-state index in [4.69, 9.17) is 27.9 Å². The summed E-state index contributed by atoms with van der Waals surface area (Å²) in [7, 11) is 1.61. The molecule has 0 unspecified atom stereocenters. The van der Waals surface area contributed by atoms with Crippen LogP contribution in [0.4, 0.5) is 5.82 Å². The van der Waals surface area contributed by atoms with Crippen LogP contribution in [0.1, 0.15) is 5.56 Å². The number of aromatic nitrogens is 5. The van der Waals surface area contributed by atoms with Crippen LogP contribution >= 0.6 is 23.2 Å². The number of hydrazone groups is 1. The van der Waals surface area contributed by atoms with Crippen LogP contribution in [0.25, 0.3) is 16.7 Å². The SMILES string of the molecule is COc1cccc(-n2ncc3c(N/N=C/c4c(Cl)cncc4Cl)ncnc32)c1. The maximum Gasteiger partial charge on any atom is 0.168 e. The number of benzene rings is 1. The molecule has 0 aliphatic heterocycles. The summed E-state index contributed by atoms with van der Waals surface area (Å²) in [6, 6.07) is 7.53. The number of fused-ring (bicyclic) bond motifs is 1. The van der Waals surface area contributed by atoms with Crippen molar-refractivity contribution in [3.63, 3.8) is 0 Å². The molecule has 28 heavy (non-hydrogen) atoms. The molecule has 0 amide bonds. The number of rotatable bonds is 5. The van der Waals surface area contributed by atoms with Crippen LogP contribution < -0.4 is 10.2 Å². The predicted molar refractivity (Wildman–Crippen MR) is 109 cm³/mol. The van der Waals surface area contributed by atoms with Crippen LogP contribution in [0.2, 0.25) is 10.0 Å². The molecule has 4 rings (SSSR count). The number of halogens is 2. The van der Waals surface area contributed by atoms with Crippen molar-refractivity contribution in [2.45, 2.75) is 0 Å². The molecule has 140 valence electrons. The monoisotopic (exact) mass is 413 g/mol. The molecule has 0 atom stereocenters. The van der Waals surface area contributed by atoms with Gasteiger partial charge in [0.1, 0.15) is 12.1 Å². The largest absolute Gasteiger partial charge is 0.497 e. The van der Waals surface area contributed by atoms with Crippen molar-refractivity contribution < 1.29 is 4.74 Å². The zero-order chi connectivity index (χ0) is 19.5. The van der Waals surface area contributed by atoms with E-state index in [0.717, 1.165) is 11.4 Å². The lowest BCUT2D eigenvalue weighted by atomic mass is 10.3. The van der Waals surface area contributed by atoms with E-state index in [9.17, 15) is 0 Å². The van der Waals surface area contributed by atoms with Gasteiger partial charge in [0.15, 0.2) is 11.5 Å². The second-order valence-corrected chi connectivity index (χ2v) is 6.42. The number of pyridine rings is 1. The maximum absolute atomic E-state index is 6.09. The fourth-order valence-electron chi connectivity index (χ4n) is 2.57. The van der Waals surface area contributed by atoms with Gasteiger partial charge in [-0.25, -0.2) is 14.6 Å². The van der Waals surface area contributed by atoms with Crippen LogP contribution in [-0.4, -0.2) is 38.1 Å². The average molecular weight is 414 g/mol. The molecule has 0 bridgehead atoms. The summed E-state index contributed by atoms with van der Waals surface area (Å²) in [4.78, 5) is 12.5. The molecule has 0 saturated carbocycles. The first kappa shape index (κ1) is 18.1. The number of ether oxygens (including phenoxy) is 1. The third kappa shape index (κ3) is 3.47. The minimum Gasteiger partial charge on any atom is -0.497 e. The highest BCUT2D eigenvalue weighted by Gasteiger charge is 2.11. The Morgan fingerprint density at radius 2 is 1.96 bits per heavy atom.